The van der Waals surface area contributed by atoms with Crippen LogP contribution in [-0.2, 0) is 27.8 Å². The van der Waals surface area contributed by atoms with Gasteiger partial charge in [0.05, 0.1) is 7.11 Å². The summed E-state index contributed by atoms with van der Waals surface area (Å²) < 4.78 is 23.0. The molecule has 8 heteroatoms. The van der Waals surface area contributed by atoms with Crippen molar-refractivity contribution in [3.8, 4) is 17.1 Å². The maximum atomic E-state index is 12.7. The first-order valence-corrected chi connectivity index (χ1v) is 10.8. The number of aromatic nitrogens is 2. The summed E-state index contributed by atoms with van der Waals surface area (Å²) in [5, 5.41) is 3.94. The molecule has 0 saturated heterocycles. The lowest BCUT2D eigenvalue weighted by molar-refractivity contribution is -0.116. The normalized spacial score (nSPS) is 14.3. The highest BCUT2D eigenvalue weighted by Crippen LogP contribution is 2.27. The smallest absolute Gasteiger partial charge is 0.239 e. The fraction of sp³-hybridized carbons (Fsp3) is 0.286. The second-order valence-electron chi connectivity index (χ2n) is 6.75. The molecule has 1 unspecified atom stereocenters. The van der Waals surface area contributed by atoms with Crippen molar-refractivity contribution < 1.29 is 18.3 Å². The number of fused-ring (bicyclic) bond motifs is 1. The van der Waals surface area contributed by atoms with Crippen LogP contribution in [0.15, 0.2) is 53.1 Å². The Balaban J connectivity index is 1.40. The van der Waals surface area contributed by atoms with Gasteiger partial charge >= 0.3 is 0 Å². The molecule has 1 aromatic heterocycles. The third-order valence-electron chi connectivity index (χ3n) is 4.78. The van der Waals surface area contributed by atoms with Gasteiger partial charge in [0.2, 0.25) is 17.6 Å². The first-order valence-electron chi connectivity index (χ1n) is 9.34. The molecule has 1 aliphatic heterocycles. The molecule has 0 aliphatic carbocycles. The highest BCUT2D eigenvalue weighted by Gasteiger charge is 2.24. The summed E-state index contributed by atoms with van der Waals surface area (Å²) in [4.78, 5) is 18.7. The number of nitrogens with zero attached hydrogens (tertiary/aromatic N) is 3. The van der Waals surface area contributed by atoms with Gasteiger partial charge in [-0.2, -0.15) is 4.98 Å². The van der Waals surface area contributed by atoms with Gasteiger partial charge in [0.25, 0.3) is 0 Å². The van der Waals surface area contributed by atoms with E-state index in [2.05, 4.69) is 10.1 Å². The topological polar surface area (TPSA) is 85.5 Å². The lowest BCUT2D eigenvalue weighted by atomic mass is 10.0. The summed E-state index contributed by atoms with van der Waals surface area (Å²) >= 11 is 0. The van der Waals surface area contributed by atoms with Gasteiger partial charge in [-0.1, -0.05) is 35.5 Å². The third-order valence-corrected chi connectivity index (χ3v) is 5.91. The van der Waals surface area contributed by atoms with E-state index < -0.39 is 10.8 Å². The minimum absolute atomic E-state index is 0.0399. The van der Waals surface area contributed by atoms with Crippen LogP contribution in [0.5, 0.6) is 5.75 Å². The molecule has 29 heavy (non-hydrogen) atoms. The Morgan fingerprint density at radius 2 is 2.10 bits per heavy atom. The summed E-state index contributed by atoms with van der Waals surface area (Å²) in [5.74, 6) is 1.14. The summed E-state index contributed by atoms with van der Waals surface area (Å²) in [6.07, 6.45) is 1.86. The molecule has 150 valence electrons. The molecule has 4 rings (SSSR count). The zero-order chi connectivity index (χ0) is 20.2. The average Bonchev–Trinajstić information content (AvgIpc) is 3.21. The molecule has 0 saturated carbocycles. The van der Waals surface area contributed by atoms with E-state index in [4.69, 9.17) is 9.26 Å². The van der Waals surface area contributed by atoms with Gasteiger partial charge in [0, 0.05) is 28.6 Å². The number of hydrogen-bond donors (Lipinski definition) is 0. The number of aryl methyl sites for hydroxylation is 1. The second-order valence-corrected chi connectivity index (χ2v) is 8.21. The number of ether oxygens (including phenoxy) is 1. The van der Waals surface area contributed by atoms with Crippen LogP contribution in [0.25, 0.3) is 11.4 Å². The Labute approximate surface area is 171 Å². The number of amides is 1. The summed E-state index contributed by atoms with van der Waals surface area (Å²) in [6, 6.07) is 15.1. The van der Waals surface area contributed by atoms with E-state index in [1.54, 1.807) is 18.1 Å². The zero-order valence-corrected chi connectivity index (χ0v) is 16.9. The van der Waals surface area contributed by atoms with Crippen LogP contribution < -0.4 is 9.64 Å². The Morgan fingerprint density at radius 3 is 2.97 bits per heavy atom. The molecule has 2 heterocycles. The van der Waals surface area contributed by atoms with Crippen molar-refractivity contribution in [2.45, 2.75) is 18.6 Å². The Morgan fingerprint density at radius 1 is 1.24 bits per heavy atom. The van der Waals surface area contributed by atoms with Crippen molar-refractivity contribution in [1.82, 2.24) is 10.1 Å². The van der Waals surface area contributed by atoms with Crippen LogP contribution in [0.4, 0.5) is 5.69 Å². The summed E-state index contributed by atoms with van der Waals surface area (Å²) in [6.45, 7) is 0.646. The van der Waals surface area contributed by atoms with E-state index in [-0.39, 0.29) is 23.3 Å². The number of rotatable bonds is 6. The largest absolute Gasteiger partial charge is 0.497 e. The molecule has 0 radical (unpaired) electrons. The maximum Gasteiger partial charge on any atom is 0.239 e. The van der Waals surface area contributed by atoms with Gasteiger partial charge < -0.3 is 14.2 Å². The number of benzene rings is 2. The number of carbonyl (C=O) groups is 1. The molecule has 3 aromatic rings. The van der Waals surface area contributed by atoms with Gasteiger partial charge in [0.1, 0.15) is 17.3 Å². The lowest BCUT2D eigenvalue weighted by Gasteiger charge is -2.29. The van der Waals surface area contributed by atoms with E-state index >= 15 is 0 Å². The average molecular weight is 411 g/mol. The number of anilines is 1. The predicted octanol–water partition coefficient (Wildman–Crippen LogP) is 2.97. The van der Waals surface area contributed by atoms with E-state index in [0.717, 1.165) is 29.7 Å². The van der Waals surface area contributed by atoms with Gasteiger partial charge in [0.15, 0.2) is 0 Å². The standard InChI is InChI=1S/C21H21N3O4S/c1-27-17-9-4-7-16(12-17)21-22-19(28-23-21)13-29(26)14-20(25)24-11-5-8-15-6-2-3-10-18(15)24/h2-4,6-7,9-10,12H,5,8,11,13-14H2,1H3. The number of methoxy groups -OCH3 is 1. The zero-order valence-electron chi connectivity index (χ0n) is 16.0. The van der Waals surface area contributed by atoms with E-state index in [9.17, 15) is 9.00 Å². The lowest BCUT2D eigenvalue weighted by Crippen LogP contribution is -2.38. The van der Waals surface area contributed by atoms with Crippen LogP contribution in [-0.4, -0.2) is 39.7 Å². The molecule has 1 aliphatic rings. The fourth-order valence-corrected chi connectivity index (χ4v) is 4.32. The van der Waals surface area contributed by atoms with Crippen molar-refractivity contribution in [2.24, 2.45) is 0 Å². The molecule has 0 fully saturated rings. The molecule has 2 aromatic carbocycles. The highest BCUT2D eigenvalue weighted by atomic mass is 32.2. The highest BCUT2D eigenvalue weighted by molar-refractivity contribution is 7.84. The number of para-hydroxylation sites is 1. The van der Waals surface area contributed by atoms with Gasteiger partial charge in [-0.25, -0.2) is 0 Å². The first-order chi connectivity index (χ1) is 14.1. The Kier molecular flexibility index (Phi) is 5.71. The predicted molar refractivity (Wildman–Crippen MR) is 110 cm³/mol. The van der Waals surface area contributed by atoms with Crippen molar-refractivity contribution >= 4 is 22.4 Å². The van der Waals surface area contributed by atoms with Crippen LogP contribution >= 0.6 is 0 Å². The van der Waals surface area contributed by atoms with Gasteiger partial charge in [-0.15, -0.1) is 0 Å². The SMILES string of the molecule is COc1cccc(-c2noc(CS(=O)CC(=O)N3CCCc4ccccc43)n2)c1. The molecule has 1 atom stereocenters. The van der Waals surface area contributed by atoms with E-state index in [1.165, 1.54) is 0 Å². The van der Waals surface area contributed by atoms with Crippen molar-refractivity contribution in [1.29, 1.82) is 0 Å². The van der Waals surface area contributed by atoms with Crippen molar-refractivity contribution in [3.63, 3.8) is 0 Å². The minimum Gasteiger partial charge on any atom is -0.497 e. The summed E-state index contributed by atoms with van der Waals surface area (Å²) in [7, 11) is 0.144. The second kappa shape index (κ2) is 8.57. The molecule has 0 spiro atoms. The van der Waals surface area contributed by atoms with Crippen molar-refractivity contribution in [3.05, 3.63) is 60.0 Å². The van der Waals surface area contributed by atoms with Gasteiger partial charge in [-0.05, 0) is 36.6 Å². The van der Waals surface area contributed by atoms with E-state index in [0.29, 0.717) is 18.1 Å². The quantitative estimate of drug-likeness (QED) is 0.620. The summed E-state index contributed by atoms with van der Waals surface area (Å²) in [5.41, 5.74) is 2.81. The molecule has 0 bridgehead atoms. The van der Waals surface area contributed by atoms with Crippen molar-refractivity contribution in [2.75, 3.05) is 24.3 Å². The molecule has 7 nitrogen and oxygen atoms in total. The number of carbonyl (C=O) groups excluding carboxylic acids is 1. The van der Waals surface area contributed by atoms with Crippen LogP contribution in [0.1, 0.15) is 17.9 Å². The first kappa shape index (κ1) is 19.3. The van der Waals surface area contributed by atoms with Crippen LogP contribution in [0.3, 0.4) is 0 Å². The molecule has 1 amide bonds. The molecular weight excluding hydrogens is 390 g/mol. The molecular formula is C21H21N3O4S. The number of hydrogen-bond acceptors (Lipinski definition) is 6. The Bertz CT molecular complexity index is 1050. The van der Waals surface area contributed by atoms with Gasteiger partial charge in [-0.3, -0.25) is 9.00 Å². The third kappa shape index (κ3) is 4.37. The monoisotopic (exact) mass is 411 g/mol. The van der Waals surface area contributed by atoms with Crippen LogP contribution in [0.2, 0.25) is 0 Å². The molecule has 0 N–H and O–H groups in total. The Hall–Kier alpha value is -3.00. The maximum absolute atomic E-state index is 12.7. The van der Waals surface area contributed by atoms with E-state index in [1.807, 2.05) is 42.5 Å². The minimum atomic E-state index is -1.44. The van der Waals surface area contributed by atoms with Crippen LogP contribution in [0, 0.1) is 0 Å². The fourth-order valence-electron chi connectivity index (χ4n) is 3.39.